The average molecular weight is 359 g/mol. The zero-order valence-electron chi connectivity index (χ0n) is 15.3. The minimum absolute atomic E-state index is 0.200. The molecule has 5 heteroatoms. The van der Waals surface area contributed by atoms with Gasteiger partial charge in [0.1, 0.15) is 0 Å². The van der Waals surface area contributed by atoms with Crippen LogP contribution in [0.3, 0.4) is 0 Å². The Morgan fingerprint density at radius 2 is 1.85 bits per heavy atom. The summed E-state index contributed by atoms with van der Waals surface area (Å²) < 4.78 is 0. The molecule has 0 bridgehead atoms. The summed E-state index contributed by atoms with van der Waals surface area (Å²) in [7, 11) is 0. The Hall–Kier alpha value is -3.05. The maximum absolute atomic E-state index is 12.7. The molecule has 0 saturated heterocycles. The number of aliphatic hydroxyl groups excluding tert-OH is 1. The molecule has 5 nitrogen and oxygen atoms in total. The number of hydrogen-bond acceptors (Lipinski definition) is 4. The summed E-state index contributed by atoms with van der Waals surface area (Å²) in [5.41, 5.74) is 6.52. The molecular formula is C22H21N3O2. The summed E-state index contributed by atoms with van der Waals surface area (Å²) in [6, 6.07) is 14.8. The Balaban J connectivity index is 1.54. The van der Waals surface area contributed by atoms with E-state index in [0.29, 0.717) is 12.0 Å². The minimum Gasteiger partial charge on any atom is -0.390 e. The van der Waals surface area contributed by atoms with Gasteiger partial charge in [0.05, 0.1) is 24.0 Å². The molecule has 0 spiro atoms. The van der Waals surface area contributed by atoms with E-state index in [1.807, 2.05) is 50.2 Å². The molecule has 4 rings (SSSR count). The van der Waals surface area contributed by atoms with Crippen molar-refractivity contribution in [2.75, 3.05) is 0 Å². The molecule has 2 aromatic carbocycles. The predicted octanol–water partition coefficient (Wildman–Crippen LogP) is 3.15. The number of hydrogen-bond donors (Lipinski definition) is 2. The van der Waals surface area contributed by atoms with Gasteiger partial charge in [-0.25, -0.2) is 0 Å². The molecule has 1 heterocycles. The van der Waals surface area contributed by atoms with Gasteiger partial charge < -0.3 is 10.4 Å². The van der Waals surface area contributed by atoms with Crippen molar-refractivity contribution in [3.05, 3.63) is 82.5 Å². The number of aryl methyl sites for hydroxylation is 1. The molecule has 136 valence electrons. The minimum atomic E-state index is -0.601. The van der Waals surface area contributed by atoms with Gasteiger partial charge >= 0.3 is 0 Å². The lowest BCUT2D eigenvalue weighted by atomic mass is 10.0. The van der Waals surface area contributed by atoms with Gasteiger partial charge in [-0.3, -0.25) is 4.79 Å². The SMILES string of the molecule is Cc1cnnc(-c2ccc(C(=O)N[C@@H]3c4ccccc4C[C@@H]3O)cc2)c1C. The second-order valence-electron chi connectivity index (χ2n) is 7.00. The first-order valence-corrected chi connectivity index (χ1v) is 9.00. The molecule has 0 saturated carbocycles. The number of carbonyl (C=O) groups is 1. The Kier molecular flexibility index (Phi) is 4.46. The highest BCUT2D eigenvalue weighted by molar-refractivity contribution is 5.95. The van der Waals surface area contributed by atoms with Crippen LogP contribution in [0, 0.1) is 13.8 Å². The first-order valence-electron chi connectivity index (χ1n) is 9.00. The number of amides is 1. The van der Waals surface area contributed by atoms with E-state index in [0.717, 1.165) is 33.5 Å². The molecule has 2 atom stereocenters. The number of carbonyl (C=O) groups excluding carboxylic acids is 1. The van der Waals surface area contributed by atoms with Gasteiger partial charge in [0.25, 0.3) is 5.91 Å². The summed E-state index contributed by atoms with van der Waals surface area (Å²) in [5.74, 6) is -0.200. The van der Waals surface area contributed by atoms with Crippen LogP contribution in [-0.2, 0) is 6.42 Å². The Morgan fingerprint density at radius 1 is 1.11 bits per heavy atom. The summed E-state index contributed by atoms with van der Waals surface area (Å²) in [4.78, 5) is 12.7. The van der Waals surface area contributed by atoms with E-state index in [1.165, 1.54) is 0 Å². The quantitative estimate of drug-likeness (QED) is 0.753. The second kappa shape index (κ2) is 6.93. The van der Waals surface area contributed by atoms with Crippen LogP contribution < -0.4 is 5.32 Å². The van der Waals surface area contributed by atoms with Gasteiger partial charge in [-0.2, -0.15) is 10.2 Å². The molecule has 2 N–H and O–H groups in total. The van der Waals surface area contributed by atoms with Gasteiger partial charge in [0, 0.05) is 17.5 Å². The lowest BCUT2D eigenvalue weighted by Gasteiger charge is -2.18. The van der Waals surface area contributed by atoms with Crippen LogP contribution in [0.1, 0.15) is 38.7 Å². The maximum Gasteiger partial charge on any atom is 0.251 e. The first-order chi connectivity index (χ1) is 13.0. The van der Waals surface area contributed by atoms with Crippen molar-refractivity contribution >= 4 is 5.91 Å². The van der Waals surface area contributed by atoms with Gasteiger partial charge in [-0.05, 0) is 48.2 Å². The van der Waals surface area contributed by atoms with E-state index in [4.69, 9.17) is 0 Å². The Bertz CT molecular complexity index is 999. The van der Waals surface area contributed by atoms with Gasteiger partial charge in [-0.15, -0.1) is 0 Å². The molecule has 3 aromatic rings. The molecular weight excluding hydrogens is 338 g/mol. The van der Waals surface area contributed by atoms with Crippen LogP contribution in [0.5, 0.6) is 0 Å². The highest BCUT2D eigenvalue weighted by atomic mass is 16.3. The topological polar surface area (TPSA) is 75.1 Å². The van der Waals surface area contributed by atoms with E-state index in [2.05, 4.69) is 15.5 Å². The Morgan fingerprint density at radius 3 is 2.63 bits per heavy atom. The molecule has 27 heavy (non-hydrogen) atoms. The number of nitrogens with zero attached hydrogens (tertiary/aromatic N) is 2. The van der Waals surface area contributed by atoms with Crippen LogP contribution in [0.2, 0.25) is 0 Å². The third-order valence-corrected chi connectivity index (χ3v) is 5.27. The van der Waals surface area contributed by atoms with Crippen molar-refractivity contribution in [2.45, 2.75) is 32.4 Å². The van der Waals surface area contributed by atoms with Gasteiger partial charge in [0.15, 0.2) is 0 Å². The second-order valence-corrected chi connectivity index (χ2v) is 7.00. The van der Waals surface area contributed by atoms with E-state index in [-0.39, 0.29) is 11.9 Å². The number of aromatic nitrogens is 2. The number of fused-ring (bicyclic) bond motifs is 1. The van der Waals surface area contributed by atoms with E-state index >= 15 is 0 Å². The first kappa shape index (κ1) is 17.4. The van der Waals surface area contributed by atoms with Crippen molar-refractivity contribution in [1.82, 2.24) is 15.5 Å². The molecule has 0 fully saturated rings. The van der Waals surface area contributed by atoms with Gasteiger partial charge in [-0.1, -0.05) is 36.4 Å². The lowest BCUT2D eigenvalue weighted by Crippen LogP contribution is -2.33. The van der Waals surface area contributed by atoms with Crippen molar-refractivity contribution in [2.24, 2.45) is 0 Å². The number of benzene rings is 2. The fraction of sp³-hybridized carbons (Fsp3) is 0.227. The molecule has 0 unspecified atom stereocenters. The fourth-order valence-electron chi connectivity index (χ4n) is 3.56. The predicted molar refractivity (Wildman–Crippen MR) is 103 cm³/mol. The Labute approximate surface area is 158 Å². The van der Waals surface area contributed by atoms with Gasteiger partial charge in [0.2, 0.25) is 0 Å². The largest absolute Gasteiger partial charge is 0.390 e. The normalized spacial score (nSPS) is 18.2. The molecule has 1 aliphatic rings. The molecule has 0 aliphatic heterocycles. The smallest absolute Gasteiger partial charge is 0.251 e. The number of rotatable bonds is 3. The third-order valence-electron chi connectivity index (χ3n) is 5.27. The monoisotopic (exact) mass is 359 g/mol. The van der Waals surface area contributed by atoms with Crippen LogP contribution in [-0.4, -0.2) is 27.3 Å². The number of aliphatic hydroxyl groups is 1. The summed E-state index contributed by atoms with van der Waals surface area (Å²) in [5, 5.41) is 21.5. The van der Waals surface area contributed by atoms with Crippen LogP contribution in [0.25, 0.3) is 11.3 Å². The van der Waals surface area contributed by atoms with Crippen molar-refractivity contribution in [3.8, 4) is 11.3 Å². The van der Waals surface area contributed by atoms with E-state index in [9.17, 15) is 9.90 Å². The van der Waals surface area contributed by atoms with Crippen molar-refractivity contribution in [1.29, 1.82) is 0 Å². The highest BCUT2D eigenvalue weighted by Crippen LogP contribution is 2.31. The van der Waals surface area contributed by atoms with Crippen molar-refractivity contribution < 1.29 is 9.90 Å². The molecule has 1 amide bonds. The van der Waals surface area contributed by atoms with E-state index < -0.39 is 6.10 Å². The summed E-state index contributed by atoms with van der Waals surface area (Å²) >= 11 is 0. The average Bonchev–Trinajstić information content (AvgIpc) is 2.99. The van der Waals surface area contributed by atoms with Crippen molar-refractivity contribution in [3.63, 3.8) is 0 Å². The lowest BCUT2D eigenvalue weighted by molar-refractivity contribution is 0.0858. The summed E-state index contributed by atoms with van der Waals surface area (Å²) in [6.45, 7) is 4.01. The van der Waals surface area contributed by atoms with Crippen LogP contribution in [0.15, 0.2) is 54.7 Å². The zero-order valence-corrected chi connectivity index (χ0v) is 15.3. The van der Waals surface area contributed by atoms with Crippen LogP contribution in [0.4, 0.5) is 0 Å². The highest BCUT2D eigenvalue weighted by Gasteiger charge is 2.32. The molecule has 0 radical (unpaired) electrons. The zero-order chi connectivity index (χ0) is 19.0. The summed E-state index contributed by atoms with van der Waals surface area (Å²) in [6.07, 6.45) is 1.70. The standard InChI is InChI=1S/C22H21N3O2/c1-13-12-23-25-20(14(13)2)15-7-9-16(10-8-15)22(27)24-21-18-6-4-3-5-17(18)11-19(21)26/h3-10,12,19,21,26H,11H2,1-2H3,(H,24,27)/t19-,21+/m0/s1. The molecule has 1 aliphatic carbocycles. The molecule has 1 aromatic heterocycles. The third kappa shape index (κ3) is 3.22. The van der Waals surface area contributed by atoms with E-state index in [1.54, 1.807) is 18.3 Å². The number of nitrogens with one attached hydrogen (secondary N) is 1. The fourth-order valence-corrected chi connectivity index (χ4v) is 3.56. The maximum atomic E-state index is 12.7. The van der Waals surface area contributed by atoms with Crippen LogP contribution >= 0.6 is 0 Å².